The van der Waals surface area contributed by atoms with Crippen LogP contribution in [0, 0.1) is 23.3 Å². The molecule has 12 heteroatoms. The fraction of sp³-hybridized carbons (Fsp3) is 0.0690. The Morgan fingerprint density at radius 1 is 0.683 bits per heavy atom. The molecule has 0 fully saturated rings. The maximum Gasteiger partial charge on any atom is 0.203 e. The van der Waals surface area contributed by atoms with Crippen molar-refractivity contribution in [1.29, 1.82) is 0 Å². The fourth-order valence-corrected chi connectivity index (χ4v) is 3.93. The van der Waals surface area contributed by atoms with Gasteiger partial charge in [-0.15, -0.1) is 0 Å². The van der Waals surface area contributed by atoms with Gasteiger partial charge in [0.25, 0.3) is 0 Å². The lowest BCUT2D eigenvalue weighted by atomic mass is 10.2. The summed E-state index contributed by atoms with van der Waals surface area (Å²) in [6.07, 6.45) is 3.04. The number of rotatable bonds is 10. The summed E-state index contributed by atoms with van der Waals surface area (Å²) in [5, 5.41) is 6.64. The van der Waals surface area contributed by atoms with E-state index in [0.717, 1.165) is 5.69 Å². The van der Waals surface area contributed by atoms with Crippen LogP contribution in [0.5, 0.6) is 11.5 Å². The Balaban J connectivity index is 1.22. The summed E-state index contributed by atoms with van der Waals surface area (Å²) < 4.78 is 65.5. The second-order valence-corrected chi connectivity index (χ2v) is 8.99. The molecule has 0 aliphatic heterocycles. The molecule has 0 saturated carbocycles. The number of hydrogen-bond acceptors (Lipinski definition) is 7. The highest BCUT2D eigenvalue weighted by Gasteiger charge is 2.20. The van der Waals surface area contributed by atoms with Gasteiger partial charge in [-0.25, -0.2) is 18.7 Å². The van der Waals surface area contributed by atoms with Crippen molar-refractivity contribution < 1.29 is 27.0 Å². The number of ether oxygens (including phenoxy) is 2. The summed E-state index contributed by atoms with van der Waals surface area (Å²) in [6.45, 7) is -0.0656. The molecule has 0 aliphatic carbocycles. The van der Waals surface area contributed by atoms with Gasteiger partial charge in [0.1, 0.15) is 36.9 Å². The first-order valence-corrected chi connectivity index (χ1v) is 12.5. The van der Waals surface area contributed by atoms with Crippen LogP contribution in [0.4, 0.5) is 40.6 Å². The SMILES string of the molecule is Fc1cc(F)c(F)c(OCc2cccc(Nc3cc(Nc4ccc(OCc5ccccn5)c(Cl)c4)ncn3)c2)c1F. The molecule has 208 valence electrons. The van der Waals surface area contributed by atoms with Crippen LogP contribution >= 0.6 is 11.6 Å². The topological polar surface area (TPSA) is 81.2 Å². The van der Waals surface area contributed by atoms with Gasteiger partial charge >= 0.3 is 0 Å². The standard InChI is InChI=1S/C29H20ClF4N5O2/c30-21-11-19(7-8-24(21)40-15-20-5-1-2-9-35-20)39-26-13-25(36-16-37-26)38-18-6-3-4-17(10-18)14-41-29-27(33)22(31)12-23(32)28(29)34/h1-13,16H,14-15H2,(H2,36,37,38,39). The number of anilines is 4. The van der Waals surface area contributed by atoms with Gasteiger partial charge < -0.3 is 20.1 Å². The summed E-state index contributed by atoms with van der Waals surface area (Å²) in [5.74, 6) is -6.01. The zero-order valence-corrected chi connectivity index (χ0v) is 21.8. The minimum absolute atomic E-state index is 0.121. The molecule has 41 heavy (non-hydrogen) atoms. The largest absolute Gasteiger partial charge is 0.486 e. The molecule has 5 rings (SSSR count). The number of hydrogen-bond donors (Lipinski definition) is 2. The summed E-state index contributed by atoms with van der Waals surface area (Å²) in [7, 11) is 0. The van der Waals surface area contributed by atoms with Gasteiger partial charge in [0.2, 0.25) is 11.6 Å². The summed E-state index contributed by atoms with van der Waals surface area (Å²) >= 11 is 6.39. The predicted molar refractivity (Wildman–Crippen MR) is 146 cm³/mol. The Kier molecular flexibility index (Phi) is 8.44. The van der Waals surface area contributed by atoms with Gasteiger partial charge in [-0.05, 0) is 48.0 Å². The predicted octanol–water partition coefficient (Wildman–Crippen LogP) is 7.73. The van der Waals surface area contributed by atoms with E-state index < -0.39 is 29.0 Å². The number of nitrogens with zero attached hydrogens (tertiary/aromatic N) is 3. The molecular weight excluding hydrogens is 562 g/mol. The van der Waals surface area contributed by atoms with Gasteiger partial charge in [0.05, 0.1) is 10.7 Å². The zero-order chi connectivity index (χ0) is 28.8. The Hall–Kier alpha value is -4.90. The van der Waals surface area contributed by atoms with Crippen molar-refractivity contribution in [2.45, 2.75) is 13.2 Å². The Bertz CT molecular complexity index is 1650. The number of benzene rings is 3. The molecule has 0 saturated heterocycles. The molecule has 0 aliphatic rings. The number of nitrogens with one attached hydrogen (secondary N) is 2. The van der Waals surface area contributed by atoms with E-state index in [2.05, 4.69) is 25.6 Å². The first kappa shape index (κ1) is 27.7. The van der Waals surface area contributed by atoms with Gasteiger partial charge in [-0.3, -0.25) is 4.98 Å². The van der Waals surface area contributed by atoms with Crippen molar-refractivity contribution in [2.75, 3.05) is 10.6 Å². The van der Waals surface area contributed by atoms with Crippen LogP contribution in [0.25, 0.3) is 0 Å². The lowest BCUT2D eigenvalue weighted by Gasteiger charge is -2.12. The molecule has 5 aromatic rings. The van der Waals surface area contributed by atoms with Crippen molar-refractivity contribution in [2.24, 2.45) is 0 Å². The molecule has 2 aromatic heterocycles. The Morgan fingerprint density at radius 2 is 1.41 bits per heavy atom. The van der Waals surface area contributed by atoms with E-state index in [4.69, 9.17) is 21.1 Å². The van der Waals surface area contributed by atoms with Crippen LogP contribution in [0.2, 0.25) is 5.02 Å². The quantitative estimate of drug-likeness (QED) is 0.129. The van der Waals surface area contributed by atoms with Crippen molar-refractivity contribution >= 4 is 34.6 Å². The smallest absolute Gasteiger partial charge is 0.203 e. The zero-order valence-electron chi connectivity index (χ0n) is 21.0. The highest BCUT2D eigenvalue weighted by molar-refractivity contribution is 6.32. The lowest BCUT2D eigenvalue weighted by Crippen LogP contribution is -2.04. The maximum absolute atomic E-state index is 13.9. The van der Waals surface area contributed by atoms with Crippen LogP contribution in [0.15, 0.2) is 85.3 Å². The van der Waals surface area contributed by atoms with E-state index in [-0.39, 0.29) is 19.3 Å². The molecular formula is C29H20ClF4N5O2. The van der Waals surface area contributed by atoms with Crippen LogP contribution in [-0.2, 0) is 13.2 Å². The van der Waals surface area contributed by atoms with Crippen LogP contribution in [-0.4, -0.2) is 15.0 Å². The molecule has 0 amide bonds. The summed E-state index contributed by atoms with van der Waals surface area (Å²) in [5.41, 5.74) is 2.48. The Morgan fingerprint density at radius 3 is 2.10 bits per heavy atom. The summed E-state index contributed by atoms with van der Waals surface area (Å²) in [6, 6.07) is 19.2. The first-order chi connectivity index (χ1) is 19.9. The average molecular weight is 582 g/mol. The van der Waals surface area contributed by atoms with Crippen LogP contribution in [0.1, 0.15) is 11.3 Å². The van der Waals surface area contributed by atoms with Crippen molar-refractivity contribution in [3.05, 3.63) is 125 Å². The second-order valence-electron chi connectivity index (χ2n) is 8.58. The molecule has 2 heterocycles. The highest BCUT2D eigenvalue weighted by atomic mass is 35.5. The van der Waals surface area contributed by atoms with Crippen LogP contribution in [0.3, 0.4) is 0 Å². The lowest BCUT2D eigenvalue weighted by molar-refractivity contribution is 0.261. The van der Waals surface area contributed by atoms with E-state index in [1.54, 1.807) is 54.7 Å². The fourth-order valence-electron chi connectivity index (χ4n) is 3.69. The number of halogens is 5. The third-order valence-corrected chi connectivity index (χ3v) is 5.92. The normalized spacial score (nSPS) is 10.8. The minimum atomic E-state index is -1.60. The van der Waals surface area contributed by atoms with Crippen molar-refractivity contribution in [3.63, 3.8) is 0 Å². The van der Waals surface area contributed by atoms with Gasteiger partial charge in [0.15, 0.2) is 17.4 Å². The number of pyridine rings is 1. The molecule has 0 spiro atoms. The molecule has 0 bridgehead atoms. The van der Waals surface area contributed by atoms with Gasteiger partial charge in [-0.2, -0.15) is 8.78 Å². The summed E-state index contributed by atoms with van der Waals surface area (Å²) in [4.78, 5) is 12.6. The maximum atomic E-state index is 13.9. The van der Waals surface area contributed by atoms with E-state index in [9.17, 15) is 17.6 Å². The van der Waals surface area contributed by atoms with Crippen molar-refractivity contribution in [1.82, 2.24) is 15.0 Å². The number of aromatic nitrogens is 3. The van der Waals surface area contributed by atoms with Gasteiger partial charge in [-0.1, -0.05) is 29.8 Å². The van der Waals surface area contributed by atoms with Gasteiger partial charge in [0, 0.05) is 29.7 Å². The molecule has 0 unspecified atom stereocenters. The third kappa shape index (κ3) is 7.00. The molecule has 7 nitrogen and oxygen atoms in total. The first-order valence-electron chi connectivity index (χ1n) is 12.1. The molecule has 0 atom stereocenters. The third-order valence-electron chi connectivity index (χ3n) is 5.63. The van der Waals surface area contributed by atoms with Crippen LogP contribution < -0.4 is 20.1 Å². The molecule has 3 aromatic carbocycles. The van der Waals surface area contributed by atoms with Crippen molar-refractivity contribution in [3.8, 4) is 11.5 Å². The second kappa shape index (κ2) is 12.5. The average Bonchev–Trinajstić information content (AvgIpc) is 2.97. The highest BCUT2D eigenvalue weighted by Crippen LogP contribution is 2.30. The Labute approximate surface area is 236 Å². The molecule has 0 radical (unpaired) electrons. The minimum Gasteiger partial charge on any atom is -0.486 e. The van der Waals surface area contributed by atoms with E-state index in [0.29, 0.717) is 39.3 Å². The van der Waals surface area contributed by atoms with E-state index in [1.807, 2.05) is 18.2 Å². The van der Waals surface area contributed by atoms with E-state index in [1.165, 1.54) is 6.33 Å². The monoisotopic (exact) mass is 581 g/mol. The molecule has 2 N–H and O–H groups in total. The van der Waals surface area contributed by atoms with E-state index >= 15 is 0 Å².